The minimum Gasteiger partial charge on any atom is -0.485 e. The molecule has 27 heavy (non-hydrogen) atoms. The van der Waals surface area contributed by atoms with Gasteiger partial charge in [-0.3, -0.25) is 9.97 Å². The van der Waals surface area contributed by atoms with Gasteiger partial charge in [-0.2, -0.15) is 0 Å². The topological polar surface area (TPSA) is 72.8 Å². The summed E-state index contributed by atoms with van der Waals surface area (Å²) in [6.45, 7) is 0.459. The SMILES string of the molecule is c1ccc(COc2cccnc2Nc2cncc(-c3ccccn3)n2)cc1. The average molecular weight is 355 g/mol. The third-order valence-electron chi connectivity index (χ3n) is 3.82. The van der Waals surface area contributed by atoms with Gasteiger partial charge in [-0.05, 0) is 29.8 Å². The predicted molar refractivity (Wildman–Crippen MR) is 104 cm³/mol. The number of hydrogen-bond acceptors (Lipinski definition) is 6. The molecular formula is C21H17N5O. The molecule has 0 atom stereocenters. The third-order valence-corrected chi connectivity index (χ3v) is 3.82. The number of pyridine rings is 2. The summed E-state index contributed by atoms with van der Waals surface area (Å²) >= 11 is 0. The van der Waals surface area contributed by atoms with E-state index in [1.165, 1.54) is 0 Å². The Morgan fingerprint density at radius 1 is 0.778 bits per heavy atom. The van der Waals surface area contributed by atoms with Gasteiger partial charge in [0.2, 0.25) is 0 Å². The number of aromatic nitrogens is 4. The summed E-state index contributed by atoms with van der Waals surface area (Å²) in [4.78, 5) is 17.5. The van der Waals surface area contributed by atoms with Crippen molar-refractivity contribution in [3.05, 3.63) is 91.0 Å². The van der Waals surface area contributed by atoms with E-state index < -0.39 is 0 Å². The maximum absolute atomic E-state index is 5.92. The number of nitrogens with one attached hydrogen (secondary N) is 1. The van der Waals surface area contributed by atoms with Crippen LogP contribution >= 0.6 is 0 Å². The lowest BCUT2D eigenvalue weighted by Gasteiger charge is -2.12. The number of nitrogens with zero attached hydrogens (tertiary/aromatic N) is 4. The second kappa shape index (κ2) is 8.05. The Kier molecular flexibility index (Phi) is 4.97. The van der Waals surface area contributed by atoms with E-state index in [1.54, 1.807) is 24.8 Å². The summed E-state index contributed by atoms with van der Waals surface area (Å²) < 4.78 is 5.92. The van der Waals surface area contributed by atoms with Crippen molar-refractivity contribution in [2.45, 2.75) is 6.61 Å². The fourth-order valence-electron chi connectivity index (χ4n) is 2.52. The van der Waals surface area contributed by atoms with Crippen molar-refractivity contribution in [1.82, 2.24) is 19.9 Å². The molecule has 6 heteroatoms. The Morgan fingerprint density at radius 2 is 1.63 bits per heavy atom. The Bertz CT molecular complexity index is 1010. The van der Waals surface area contributed by atoms with Crippen LogP contribution in [-0.2, 0) is 6.61 Å². The molecule has 0 unspecified atom stereocenters. The zero-order valence-electron chi connectivity index (χ0n) is 14.5. The van der Waals surface area contributed by atoms with Crippen LogP contribution in [0.4, 0.5) is 11.6 Å². The molecule has 0 spiro atoms. The summed E-state index contributed by atoms with van der Waals surface area (Å²) in [5.74, 6) is 1.80. The van der Waals surface area contributed by atoms with E-state index >= 15 is 0 Å². The number of anilines is 2. The summed E-state index contributed by atoms with van der Waals surface area (Å²) in [7, 11) is 0. The van der Waals surface area contributed by atoms with Crippen LogP contribution in [0.25, 0.3) is 11.4 Å². The highest BCUT2D eigenvalue weighted by atomic mass is 16.5. The minimum atomic E-state index is 0.459. The lowest BCUT2D eigenvalue weighted by molar-refractivity contribution is 0.307. The zero-order chi connectivity index (χ0) is 18.3. The molecule has 4 aromatic rings. The zero-order valence-corrected chi connectivity index (χ0v) is 14.5. The molecule has 3 heterocycles. The van der Waals surface area contributed by atoms with Gasteiger partial charge in [0.15, 0.2) is 17.4 Å². The van der Waals surface area contributed by atoms with E-state index in [0.29, 0.717) is 29.7 Å². The molecule has 0 radical (unpaired) electrons. The normalized spacial score (nSPS) is 10.4. The van der Waals surface area contributed by atoms with Crippen molar-refractivity contribution in [1.29, 1.82) is 0 Å². The molecule has 0 amide bonds. The van der Waals surface area contributed by atoms with E-state index in [-0.39, 0.29) is 0 Å². The van der Waals surface area contributed by atoms with Gasteiger partial charge < -0.3 is 10.1 Å². The van der Waals surface area contributed by atoms with E-state index in [2.05, 4.69) is 25.3 Å². The van der Waals surface area contributed by atoms with Crippen LogP contribution in [-0.4, -0.2) is 19.9 Å². The number of rotatable bonds is 6. The van der Waals surface area contributed by atoms with Crippen molar-refractivity contribution in [2.75, 3.05) is 5.32 Å². The van der Waals surface area contributed by atoms with Gasteiger partial charge in [0.25, 0.3) is 0 Å². The highest BCUT2D eigenvalue weighted by Crippen LogP contribution is 2.25. The summed E-state index contributed by atoms with van der Waals surface area (Å²) in [5.41, 5.74) is 2.53. The molecule has 132 valence electrons. The molecule has 4 rings (SSSR count). The largest absolute Gasteiger partial charge is 0.485 e. The Morgan fingerprint density at radius 3 is 2.48 bits per heavy atom. The van der Waals surface area contributed by atoms with E-state index in [0.717, 1.165) is 11.3 Å². The highest BCUT2D eigenvalue weighted by molar-refractivity contribution is 5.61. The van der Waals surface area contributed by atoms with Crippen LogP contribution in [0, 0.1) is 0 Å². The van der Waals surface area contributed by atoms with Gasteiger partial charge in [0, 0.05) is 12.4 Å². The molecule has 0 saturated heterocycles. The second-order valence-corrected chi connectivity index (χ2v) is 5.75. The summed E-state index contributed by atoms with van der Waals surface area (Å²) in [6.07, 6.45) is 6.75. The first-order valence-corrected chi connectivity index (χ1v) is 8.51. The van der Waals surface area contributed by atoms with Gasteiger partial charge in [-0.1, -0.05) is 36.4 Å². The fourth-order valence-corrected chi connectivity index (χ4v) is 2.52. The molecule has 0 fully saturated rings. The number of ether oxygens (including phenoxy) is 1. The van der Waals surface area contributed by atoms with Gasteiger partial charge in [-0.15, -0.1) is 0 Å². The smallest absolute Gasteiger partial charge is 0.174 e. The van der Waals surface area contributed by atoms with Crippen molar-refractivity contribution in [3.8, 4) is 17.1 Å². The Balaban J connectivity index is 1.53. The number of hydrogen-bond donors (Lipinski definition) is 1. The molecule has 0 saturated carbocycles. The van der Waals surface area contributed by atoms with Crippen LogP contribution < -0.4 is 10.1 Å². The number of benzene rings is 1. The highest BCUT2D eigenvalue weighted by Gasteiger charge is 2.08. The fraction of sp³-hybridized carbons (Fsp3) is 0.0476. The van der Waals surface area contributed by atoms with Gasteiger partial charge in [0.05, 0.1) is 18.1 Å². The van der Waals surface area contributed by atoms with Gasteiger partial charge >= 0.3 is 0 Å². The monoisotopic (exact) mass is 355 g/mol. The van der Waals surface area contributed by atoms with Crippen LogP contribution in [0.1, 0.15) is 5.56 Å². The van der Waals surface area contributed by atoms with Crippen LogP contribution in [0.3, 0.4) is 0 Å². The van der Waals surface area contributed by atoms with Crippen molar-refractivity contribution >= 4 is 11.6 Å². The Labute approximate surface area is 157 Å². The second-order valence-electron chi connectivity index (χ2n) is 5.75. The van der Waals surface area contributed by atoms with Gasteiger partial charge in [-0.25, -0.2) is 9.97 Å². The molecule has 6 nitrogen and oxygen atoms in total. The first kappa shape index (κ1) is 16.7. The van der Waals surface area contributed by atoms with E-state index in [1.807, 2.05) is 60.7 Å². The third kappa shape index (κ3) is 4.24. The lowest BCUT2D eigenvalue weighted by Crippen LogP contribution is -2.02. The molecule has 1 aromatic carbocycles. The first-order valence-electron chi connectivity index (χ1n) is 8.51. The quantitative estimate of drug-likeness (QED) is 0.557. The predicted octanol–water partition coefficient (Wildman–Crippen LogP) is 4.26. The summed E-state index contributed by atoms with van der Waals surface area (Å²) in [5, 5.41) is 3.18. The maximum Gasteiger partial charge on any atom is 0.174 e. The van der Waals surface area contributed by atoms with E-state index in [9.17, 15) is 0 Å². The lowest BCUT2D eigenvalue weighted by atomic mass is 10.2. The standard InChI is InChI=1S/C21H17N5O/c1-2-7-16(8-3-1)15-27-19-10-6-12-24-21(19)26-20-14-22-13-18(25-20)17-9-4-5-11-23-17/h1-14H,15H2,(H,24,25,26). The molecule has 0 aliphatic carbocycles. The molecule has 0 bridgehead atoms. The summed E-state index contributed by atoms with van der Waals surface area (Å²) in [6, 6.07) is 19.4. The van der Waals surface area contributed by atoms with Crippen LogP contribution in [0.5, 0.6) is 5.75 Å². The minimum absolute atomic E-state index is 0.459. The molecular weight excluding hydrogens is 338 g/mol. The molecule has 1 N–H and O–H groups in total. The first-order chi connectivity index (χ1) is 13.4. The van der Waals surface area contributed by atoms with Crippen molar-refractivity contribution < 1.29 is 4.74 Å². The molecule has 0 aliphatic rings. The van der Waals surface area contributed by atoms with Crippen molar-refractivity contribution in [2.24, 2.45) is 0 Å². The molecule has 0 aliphatic heterocycles. The van der Waals surface area contributed by atoms with E-state index in [4.69, 9.17) is 4.74 Å². The molecule has 3 aromatic heterocycles. The Hall–Kier alpha value is -3.80. The average Bonchev–Trinajstić information content (AvgIpc) is 2.75. The van der Waals surface area contributed by atoms with Crippen LogP contribution in [0.2, 0.25) is 0 Å². The maximum atomic E-state index is 5.92. The van der Waals surface area contributed by atoms with Crippen LogP contribution in [0.15, 0.2) is 85.5 Å². The van der Waals surface area contributed by atoms with Gasteiger partial charge in [0.1, 0.15) is 12.3 Å². The van der Waals surface area contributed by atoms with Crippen molar-refractivity contribution in [3.63, 3.8) is 0 Å².